The molecule has 0 unspecified atom stereocenters. The van der Waals surface area contributed by atoms with Gasteiger partial charge < -0.3 is 9.64 Å². The summed E-state index contributed by atoms with van der Waals surface area (Å²) in [5.41, 5.74) is 1.33. The van der Waals surface area contributed by atoms with E-state index in [1.165, 1.54) is 18.4 Å². The van der Waals surface area contributed by atoms with Crippen molar-refractivity contribution < 1.29 is 14.3 Å². The fourth-order valence-corrected chi connectivity index (χ4v) is 3.24. The van der Waals surface area contributed by atoms with E-state index in [-0.39, 0.29) is 11.9 Å². The number of hydrogen-bond donors (Lipinski definition) is 0. The lowest BCUT2D eigenvalue weighted by atomic mass is 9.75. The fourth-order valence-electron chi connectivity index (χ4n) is 3.24. The Morgan fingerprint density at radius 1 is 1.04 bits per heavy atom. The van der Waals surface area contributed by atoms with E-state index in [0.29, 0.717) is 18.5 Å². The highest BCUT2D eigenvalue weighted by Crippen LogP contribution is 2.47. The van der Waals surface area contributed by atoms with Gasteiger partial charge in [-0.1, -0.05) is 31.2 Å². The molecule has 0 atom stereocenters. The third-order valence-electron chi connectivity index (χ3n) is 5.12. The molecular weight excluding hydrogens is 302 g/mol. The average molecular weight is 329 g/mol. The normalized spacial score (nSPS) is 21.0. The Bertz CT molecular complexity index is 659. The van der Waals surface area contributed by atoms with Crippen molar-refractivity contribution in [3.63, 3.8) is 0 Å². The Balaban J connectivity index is 1.63. The summed E-state index contributed by atoms with van der Waals surface area (Å²) in [7, 11) is 0. The molecule has 0 radical (unpaired) electrons. The lowest BCUT2D eigenvalue weighted by molar-refractivity contribution is -0.0197. The summed E-state index contributed by atoms with van der Waals surface area (Å²) < 4.78 is 5.36. The van der Waals surface area contributed by atoms with Crippen LogP contribution < -0.4 is 0 Å². The molecular formula is C20H27NO3. The predicted octanol–water partition coefficient (Wildman–Crippen LogP) is 4.18. The predicted molar refractivity (Wildman–Crippen MR) is 93.3 cm³/mol. The van der Waals surface area contributed by atoms with Crippen molar-refractivity contribution in [2.24, 2.45) is 5.41 Å². The van der Waals surface area contributed by atoms with Crippen molar-refractivity contribution in [1.82, 2.24) is 4.90 Å². The molecule has 0 aromatic heterocycles. The summed E-state index contributed by atoms with van der Waals surface area (Å²) in [6.07, 6.45) is 2.11. The largest absolute Gasteiger partial charge is 0.444 e. The van der Waals surface area contributed by atoms with Gasteiger partial charge in [0, 0.05) is 18.7 Å². The maximum atomic E-state index is 12.8. The van der Waals surface area contributed by atoms with E-state index in [9.17, 15) is 9.59 Å². The molecule has 1 aromatic carbocycles. The van der Waals surface area contributed by atoms with Crippen LogP contribution in [0.4, 0.5) is 4.79 Å². The van der Waals surface area contributed by atoms with Crippen molar-refractivity contribution in [2.45, 2.75) is 58.5 Å². The Labute approximate surface area is 144 Å². The minimum Gasteiger partial charge on any atom is -0.444 e. The summed E-state index contributed by atoms with van der Waals surface area (Å²) >= 11 is 0. The smallest absolute Gasteiger partial charge is 0.410 e. The maximum Gasteiger partial charge on any atom is 0.410 e. The molecule has 130 valence electrons. The number of nitrogens with zero attached hydrogens (tertiary/aromatic N) is 1. The molecule has 1 amide bonds. The first kappa shape index (κ1) is 17.0. The standard InChI is InChI=1S/C20H27NO3/c1-18(2,3)24-17(23)21-12-20(5,13-21)16(22)14-6-8-15(9-7-14)19(4)10-11-19/h6-9H,10-13H2,1-5H3. The zero-order valence-electron chi connectivity index (χ0n) is 15.3. The van der Waals surface area contributed by atoms with Crippen LogP contribution in [0.5, 0.6) is 0 Å². The van der Waals surface area contributed by atoms with Gasteiger partial charge in [-0.25, -0.2) is 4.79 Å². The van der Waals surface area contributed by atoms with Crippen LogP contribution in [0.2, 0.25) is 0 Å². The number of carbonyl (C=O) groups is 2. The topological polar surface area (TPSA) is 46.6 Å². The van der Waals surface area contributed by atoms with E-state index >= 15 is 0 Å². The van der Waals surface area contributed by atoms with Gasteiger partial charge in [-0.3, -0.25) is 4.79 Å². The number of likely N-dealkylation sites (tertiary alicyclic amines) is 1. The van der Waals surface area contributed by atoms with Gasteiger partial charge in [-0.05, 0) is 51.5 Å². The Morgan fingerprint density at radius 2 is 1.58 bits per heavy atom. The number of rotatable bonds is 3. The zero-order valence-corrected chi connectivity index (χ0v) is 15.3. The Hall–Kier alpha value is -1.84. The van der Waals surface area contributed by atoms with Crippen molar-refractivity contribution >= 4 is 11.9 Å². The second kappa shape index (κ2) is 5.33. The molecule has 24 heavy (non-hydrogen) atoms. The van der Waals surface area contributed by atoms with E-state index in [1.54, 1.807) is 4.90 Å². The van der Waals surface area contributed by atoms with Gasteiger partial charge in [0.15, 0.2) is 5.78 Å². The molecule has 2 fully saturated rings. The first-order valence-electron chi connectivity index (χ1n) is 8.66. The fraction of sp³-hybridized carbons (Fsp3) is 0.600. The zero-order chi connectivity index (χ0) is 17.8. The highest BCUT2D eigenvalue weighted by Gasteiger charge is 2.48. The molecule has 3 rings (SSSR count). The van der Waals surface area contributed by atoms with Gasteiger partial charge in [-0.15, -0.1) is 0 Å². The third kappa shape index (κ3) is 3.19. The van der Waals surface area contributed by atoms with Crippen LogP contribution in [0.25, 0.3) is 0 Å². The van der Waals surface area contributed by atoms with Crippen molar-refractivity contribution in [3.05, 3.63) is 35.4 Å². The van der Waals surface area contributed by atoms with Gasteiger partial charge in [-0.2, -0.15) is 0 Å². The van der Waals surface area contributed by atoms with Gasteiger partial charge in [0.1, 0.15) is 5.60 Å². The Kier molecular flexibility index (Phi) is 3.78. The number of Topliss-reactive ketones (excluding diaryl/α,β-unsaturated/α-hetero) is 1. The first-order chi connectivity index (χ1) is 11.0. The van der Waals surface area contributed by atoms with E-state index in [1.807, 2.05) is 39.8 Å². The monoisotopic (exact) mass is 329 g/mol. The average Bonchev–Trinajstić information content (AvgIpc) is 3.20. The van der Waals surface area contributed by atoms with Crippen LogP contribution in [-0.2, 0) is 10.2 Å². The van der Waals surface area contributed by atoms with Crippen LogP contribution in [0.15, 0.2) is 24.3 Å². The van der Waals surface area contributed by atoms with Crippen molar-refractivity contribution in [3.8, 4) is 0 Å². The lowest BCUT2D eigenvalue weighted by Gasteiger charge is -2.46. The minimum atomic E-state index is -0.512. The number of carbonyl (C=O) groups excluding carboxylic acids is 2. The van der Waals surface area contributed by atoms with E-state index in [0.717, 1.165) is 5.56 Å². The molecule has 1 saturated carbocycles. The molecule has 1 heterocycles. The number of hydrogen-bond acceptors (Lipinski definition) is 3. The van der Waals surface area contributed by atoms with Crippen LogP contribution in [-0.4, -0.2) is 35.5 Å². The number of ether oxygens (including phenoxy) is 1. The molecule has 4 heteroatoms. The Morgan fingerprint density at radius 3 is 2.04 bits per heavy atom. The van der Waals surface area contributed by atoms with Crippen molar-refractivity contribution in [2.75, 3.05) is 13.1 Å². The molecule has 4 nitrogen and oxygen atoms in total. The van der Waals surface area contributed by atoms with E-state index in [4.69, 9.17) is 4.74 Å². The molecule has 1 aromatic rings. The maximum absolute atomic E-state index is 12.8. The summed E-state index contributed by atoms with van der Waals surface area (Å²) in [5, 5.41) is 0. The molecule has 1 saturated heterocycles. The second-order valence-electron chi connectivity index (χ2n) is 8.86. The number of amides is 1. The highest BCUT2D eigenvalue weighted by atomic mass is 16.6. The second-order valence-corrected chi connectivity index (χ2v) is 8.86. The summed E-state index contributed by atoms with van der Waals surface area (Å²) in [5.74, 6) is 0.106. The van der Waals surface area contributed by atoms with Crippen LogP contribution in [0.1, 0.15) is 63.4 Å². The van der Waals surface area contributed by atoms with Crippen LogP contribution in [0, 0.1) is 5.41 Å². The number of benzene rings is 1. The van der Waals surface area contributed by atoms with Gasteiger partial charge in [0.25, 0.3) is 0 Å². The highest BCUT2D eigenvalue weighted by molar-refractivity contribution is 6.02. The van der Waals surface area contributed by atoms with Gasteiger partial charge >= 0.3 is 6.09 Å². The molecule has 1 aliphatic heterocycles. The summed E-state index contributed by atoms with van der Waals surface area (Å²) in [4.78, 5) is 26.4. The first-order valence-corrected chi connectivity index (χ1v) is 8.66. The molecule has 2 aliphatic rings. The van der Waals surface area contributed by atoms with E-state index in [2.05, 4.69) is 19.1 Å². The molecule has 1 aliphatic carbocycles. The van der Waals surface area contributed by atoms with Gasteiger partial charge in [0.2, 0.25) is 0 Å². The quantitative estimate of drug-likeness (QED) is 0.782. The molecule has 0 bridgehead atoms. The van der Waals surface area contributed by atoms with Crippen LogP contribution in [0.3, 0.4) is 0 Å². The number of ketones is 1. The lowest BCUT2D eigenvalue weighted by Crippen LogP contribution is -2.61. The summed E-state index contributed by atoms with van der Waals surface area (Å²) in [6, 6.07) is 8.02. The van der Waals surface area contributed by atoms with Crippen LogP contribution >= 0.6 is 0 Å². The van der Waals surface area contributed by atoms with Crippen molar-refractivity contribution in [1.29, 1.82) is 0 Å². The summed E-state index contributed by atoms with van der Waals surface area (Å²) in [6.45, 7) is 10.5. The van der Waals surface area contributed by atoms with E-state index < -0.39 is 11.0 Å². The van der Waals surface area contributed by atoms with Gasteiger partial charge in [0.05, 0.1) is 5.41 Å². The SMILES string of the molecule is CC(C)(C)OC(=O)N1CC(C)(C(=O)c2ccc(C3(C)CC3)cc2)C1. The third-order valence-corrected chi connectivity index (χ3v) is 5.12. The molecule has 0 spiro atoms. The molecule has 0 N–H and O–H groups in total. The minimum absolute atomic E-state index is 0.106.